The van der Waals surface area contributed by atoms with Crippen molar-refractivity contribution in [3.05, 3.63) is 45.6 Å². The molecule has 0 saturated heterocycles. The molecule has 1 aromatic carbocycles. The second-order valence-electron chi connectivity index (χ2n) is 5.40. The number of carboxylic acid groups (broad SMARTS) is 1. The monoisotopic (exact) mass is 347 g/mol. The van der Waals surface area contributed by atoms with Gasteiger partial charge >= 0.3 is 5.97 Å². The number of amides is 1. The van der Waals surface area contributed by atoms with Crippen molar-refractivity contribution in [1.82, 2.24) is 0 Å². The standard InChI is InChI=1S/C17H17NO5S/c1-18(12-2-4-13(5-3-12)23-10-16(19)20)17(21)15-8-11-9-22-7-6-14(11)24-15/h2-5,8H,6-7,9-10H2,1H3,(H,19,20). The summed E-state index contributed by atoms with van der Waals surface area (Å²) in [7, 11) is 1.71. The highest BCUT2D eigenvalue weighted by atomic mass is 32.1. The third-order valence-electron chi connectivity index (χ3n) is 3.73. The van der Waals surface area contributed by atoms with Gasteiger partial charge in [0.15, 0.2) is 6.61 Å². The minimum absolute atomic E-state index is 0.0754. The van der Waals surface area contributed by atoms with Crippen molar-refractivity contribution in [3.63, 3.8) is 0 Å². The van der Waals surface area contributed by atoms with Gasteiger partial charge in [-0.3, -0.25) is 4.79 Å². The zero-order chi connectivity index (χ0) is 17.1. The van der Waals surface area contributed by atoms with Crippen LogP contribution in [0.1, 0.15) is 20.1 Å². The Balaban J connectivity index is 1.71. The van der Waals surface area contributed by atoms with E-state index in [1.165, 1.54) is 16.2 Å². The van der Waals surface area contributed by atoms with Crippen molar-refractivity contribution in [2.24, 2.45) is 0 Å². The summed E-state index contributed by atoms with van der Waals surface area (Å²) in [6.07, 6.45) is 0.854. The van der Waals surface area contributed by atoms with Gasteiger partial charge in [0.25, 0.3) is 5.91 Å². The molecule has 1 aliphatic rings. The number of carboxylic acids is 1. The number of carbonyl (C=O) groups is 2. The first-order valence-electron chi connectivity index (χ1n) is 7.46. The largest absolute Gasteiger partial charge is 0.482 e. The van der Waals surface area contributed by atoms with Crippen molar-refractivity contribution in [1.29, 1.82) is 0 Å². The Labute approximate surface area is 143 Å². The quantitative estimate of drug-likeness (QED) is 0.900. The lowest BCUT2D eigenvalue weighted by molar-refractivity contribution is -0.139. The first kappa shape index (κ1) is 16.5. The molecule has 24 heavy (non-hydrogen) atoms. The van der Waals surface area contributed by atoms with E-state index < -0.39 is 12.6 Å². The third-order valence-corrected chi connectivity index (χ3v) is 4.95. The van der Waals surface area contributed by atoms with E-state index in [-0.39, 0.29) is 5.91 Å². The maximum Gasteiger partial charge on any atom is 0.341 e. The van der Waals surface area contributed by atoms with Gasteiger partial charge < -0.3 is 19.5 Å². The van der Waals surface area contributed by atoms with Crippen molar-refractivity contribution < 1.29 is 24.2 Å². The van der Waals surface area contributed by atoms with E-state index in [4.69, 9.17) is 14.6 Å². The molecule has 7 heteroatoms. The predicted molar refractivity (Wildman–Crippen MR) is 90.0 cm³/mol. The van der Waals surface area contributed by atoms with Crippen molar-refractivity contribution >= 4 is 28.9 Å². The normalized spacial score (nSPS) is 13.2. The highest BCUT2D eigenvalue weighted by Gasteiger charge is 2.20. The molecule has 1 amide bonds. The van der Waals surface area contributed by atoms with Crippen molar-refractivity contribution in [3.8, 4) is 5.75 Å². The average molecular weight is 347 g/mol. The summed E-state index contributed by atoms with van der Waals surface area (Å²) in [5.41, 5.74) is 1.81. The summed E-state index contributed by atoms with van der Waals surface area (Å²) >= 11 is 1.52. The van der Waals surface area contributed by atoms with Crippen LogP contribution in [0.2, 0.25) is 0 Å². The number of carbonyl (C=O) groups excluding carboxylic acids is 1. The van der Waals surface area contributed by atoms with E-state index in [9.17, 15) is 9.59 Å². The Morgan fingerprint density at radius 1 is 1.33 bits per heavy atom. The van der Waals surface area contributed by atoms with Gasteiger partial charge in [0.2, 0.25) is 0 Å². The van der Waals surface area contributed by atoms with Crippen LogP contribution in [0.3, 0.4) is 0 Å². The number of hydrogen-bond donors (Lipinski definition) is 1. The topological polar surface area (TPSA) is 76.1 Å². The number of rotatable bonds is 5. The number of ether oxygens (including phenoxy) is 2. The van der Waals surface area contributed by atoms with Crippen LogP contribution in [0.4, 0.5) is 5.69 Å². The van der Waals surface area contributed by atoms with Crippen LogP contribution in [0.15, 0.2) is 30.3 Å². The van der Waals surface area contributed by atoms with E-state index in [2.05, 4.69) is 0 Å². The summed E-state index contributed by atoms with van der Waals surface area (Å²) in [4.78, 5) is 26.6. The first-order valence-corrected chi connectivity index (χ1v) is 8.28. The Hall–Kier alpha value is -2.38. The summed E-state index contributed by atoms with van der Waals surface area (Å²) in [5.74, 6) is -0.656. The van der Waals surface area contributed by atoms with Gasteiger partial charge in [0.1, 0.15) is 5.75 Å². The molecule has 0 radical (unpaired) electrons. The van der Waals surface area contributed by atoms with Crippen LogP contribution in [-0.2, 0) is 22.6 Å². The van der Waals surface area contributed by atoms with Gasteiger partial charge in [0.05, 0.1) is 18.1 Å². The molecule has 0 aliphatic carbocycles. The molecule has 0 unspecified atom stereocenters. The Bertz CT molecular complexity index is 729. The molecule has 0 saturated carbocycles. The zero-order valence-corrected chi connectivity index (χ0v) is 14.0. The molecule has 1 N–H and O–H groups in total. The van der Waals surface area contributed by atoms with E-state index >= 15 is 0 Å². The van der Waals surface area contributed by atoms with Crippen LogP contribution >= 0.6 is 11.3 Å². The molecule has 126 valence electrons. The van der Waals surface area contributed by atoms with Crippen LogP contribution in [0.5, 0.6) is 5.75 Å². The van der Waals surface area contributed by atoms with Crippen LogP contribution < -0.4 is 9.64 Å². The zero-order valence-electron chi connectivity index (χ0n) is 13.2. The summed E-state index contributed by atoms with van der Waals surface area (Å²) in [5, 5.41) is 8.60. The van der Waals surface area contributed by atoms with Crippen LogP contribution in [0, 0.1) is 0 Å². The van der Waals surface area contributed by atoms with Crippen molar-refractivity contribution in [2.75, 3.05) is 25.2 Å². The predicted octanol–water partition coefficient (Wildman–Crippen LogP) is 2.56. The number of nitrogens with zero attached hydrogens (tertiary/aromatic N) is 1. The van der Waals surface area contributed by atoms with Gasteiger partial charge in [-0.25, -0.2) is 4.79 Å². The smallest absolute Gasteiger partial charge is 0.341 e. The Kier molecular flexibility index (Phi) is 4.82. The van der Waals surface area contributed by atoms with E-state index in [1.54, 1.807) is 36.2 Å². The highest BCUT2D eigenvalue weighted by Crippen LogP contribution is 2.29. The number of benzene rings is 1. The van der Waals surface area contributed by atoms with Gasteiger partial charge in [-0.05, 0) is 35.9 Å². The molecule has 0 spiro atoms. The lowest BCUT2D eigenvalue weighted by Gasteiger charge is -2.16. The molecule has 3 rings (SSSR count). The molecule has 0 atom stereocenters. The average Bonchev–Trinajstić information content (AvgIpc) is 3.03. The fraction of sp³-hybridized carbons (Fsp3) is 0.294. The van der Waals surface area contributed by atoms with Gasteiger partial charge in [-0.15, -0.1) is 11.3 Å². The fourth-order valence-electron chi connectivity index (χ4n) is 2.45. The lowest BCUT2D eigenvalue weighted by Crippen LogP contribution is -2.25. The number of hydrogen-bond acceptors (Lipinski definition) is 5. The molecule has 6 nitrogen and oxygen atoms in total. The Morgan fingerprint density at radius 3 is 2.75 bits per heavy atom. The van der Waals surface area contributed by atoms with Crippen molar-refractivity contribution in [2.45, 2.75) is 13.0 Å². The van der Waals surface area contributed by atoms with E-state index in [1.807, 2.05) is 6.07 Å². The Morgan fingerprint density at radius 2 is 2.08 bits per heavy atom. The second-order valence-corrected chi connectivity index (χ2v) is 6.54. The molecule has 0 bridgehead atoms. The van der Waals surface area contributed by atoms with E-state index in [0.29, 0.717) is 29.5 Å². The first-order chi connectivity index (χ1) is 11.5. The number of anilines is 1. The van der Waals surface area contributed by atoms with Gasteiger partial charge in [-0.2, -0.15) is 0 Å². The maximum absolute atomic E-state index is 12.6. The van der Waals surface area contributed by atoms with Gasteiger partial charge in [-0.1, -0.05) is 0 Å². The second kappa shape index (κ2) is 7.02. The summed E-state index contributed by atoms with van der Waals surface area (Å²) in [6.45, 7) is 0.879. The maximum atomic E-state index is 12.6. The minimum Gasteiger partial charge on any atom is -0.482 e. The molecular weight excluding hydrogens is 330 g/mol. The molecule has 1 aliphatic heterocycles. The molecule has 2 heterocycles. The number of thiophene rings is 1. The molecule has 2 aromatic rings. The SMILES string of the molecule is CN(C(=O)c1cc2c(s1)CCOC2)c1ccc(OCC(=O)O)cc1. The van der Waals surface area contributed by atoms with Gasteiger partial charge in [0, 0.05) is 24.0 Å². The third kappa shape index (κ3) is 3.58. The molecule has 0 fully saturated rings. The number of aliphatic carboxylic acids is 1. The number of fused-ring (bicyclic) bond motifs is 1. The fourth-order valence-corrected chi connectivity index (χ4v) is 3.57. The highest BCUT2D eigenvalue weighted by molar-refractivity contribution is 7.14. The summed E-state index contributed by atoms with van der Waals surface area (Å²) in [6, 6.07) is 8.66. The van der Waals surface area contributed by atoms with E-state index in [0.717, 1.165) is 12.0 Å². The molecular formula is C17H17NO5S. The minimum atomic E-state index is -1.03. The molecule has 1 aromatic heterocycles. The summed E-state index contributed by atoms with van der Waals surface area (Å²) < 4.78 is 10.5. The van der Waals surface area contributed by atoms with Crippen LogP contribution in [-0.4, -0.2) is 37.2 Å². The lowest BCUT2D eigenvalue weighted by atomic mass is 10.2. The van der Waals surface area contributed by atoms with Crippen LogP contribution in [0.25, 0.3) is 0 Å².